The molecule has 1 N–H and O–H groups in total. The molecule has 28 heavy (non-hydrogen) atoms. The Balaban J connectivity index is 2.17. The lowest BCUT2D eigenvalue weighted by Crippen LogP contribution is -2.41. The summed E-state index contributed by atoms with van der Waals surface area (Å²) < 4.78 is 48.4. The smallest absolute Gasteiger partial charge is 0.241 e. The van der Waals surface area contributed by atoms with Gasteiger partial charge in [0.1, 0.15) is 6.54 Å². The van der Waals surface area contributed by atoms with Gasteiger partial charge in [-0.05, 0) is 36.2 Å². The van der Waals surface area contributed by atoms with Crippen LogP contribution in [0.1, 0.15) is 24.9 Å². The van der Waals surface area contributed by atoms with E-state index in [0.717, 1.165) is 22.4 Å². The Morgan fingerprint density at radius 3 is 2.00 bits per heavy atom. The van der Waals surface area contributed by atoms with Crippen LogP contribution < -0.4 is 9.62 Å². The largest absolute Gasteiger partial charge is 0.348 e. The minimum absolute atomic E-state index is 0.199. The second-order valence-corrected chi connectivity index (χ2v) is 10.4. The van der Waals surface area contributed by atoms with E-state index in [0.29, 0.717) is 12.1 Å². The highest BCUT2D eigenvalue weighted by molar-refractivity contribution is 7.92. The molecule has 0 bridgehead atoms. The van der Waals surface area contributed by atoms with Crippen molar-refractivity contribution in [1.29, 1.82) is 0 Å². The lowest BCUT2D eigenvalue weighted by Gasteiger charge is -2.24. The van der Waals surface area contributed by atoms with Gasteiger partial charge in [0.15, 0.2) is 9.84 Å². The molecule has 0 heterocycles. The normalized spacial score (nSPS) is 13.0. The van der Waals surface area contributed by atoms with E-state index in [1.165, 1.54) is 12.1 Å². The van der Waals surface area contributed by atoms with Gasteiger partial charge in [-0.3, -0.25) is 9.10 Å². The Morgan fingerprint density at radius 2 is 1.54 bits per heavy atom. The van der Waals surface area contributed by atoms with Crippen LogP contribution in [0.4, 0.5) is 5.69 Å². The second-order valence-electron chi connectivity index (χ2n) is 6.47. The van der Waals surface area contributed by atoms with Crippen molar-refractivity contribution in [2.24, 2.45) is 0 Å². The van der Waals surface area contributed by atoms with Crippen LogP contribution in [-0.2, 0) is 24.7 Å². The number of rotatable bonds is 8. The van der Waals surface area contributed by atoms with Gasteiger partial charge in [0, 0.05) is 6.26 Å². The molecule has 152 valence electrons. The van der Waals surface area contributed by atoms with Gasteiger partial charge in [0.2, 0.25) is 15.9 Å². The van der Waals surface area contributed by atoms with Crippen LogP contribution in [-0.4, -0.2) is 41.8 Å². The monoisotopic (exact) mass is 424 g/mol. The lowest BCUT2D eigenvalue weighted by molar-refractivity contribution is -0.120. The molecule has 0 aromatic heterocycles. The van der Waals surface area contributed by atoms with E-state index >= 15 is 0 Å². The number of carbonyl (C=O) groups is 1. The predicted molar refractivity (Wildman–Crippen MR) is 109 cm³/mol. The highest BCUT2D eigenvalue weighted by atomic mass is 32.2. The molecule has 0 aliphatic carbocycles. The number of carbonyl (C=O) groups excluding carboxylic acids is 1. The quantitative estimate of drug-likeness (QED) is 0.700. The summed E-state index contributed by atoms with van der Waals surface area (Å²) in [7, 11) is -6.94. The maximum absolute atomic E-state index is 12.5. The standard InChI is InChI=1S/C19H24N2O5S2/c1-4-18(15-10-12-17(13-11-15)27(2,23)24)20-19(22)14-21(28(3,25)26)16-8-6-5-7-9-16/h5-13,18H,4,14H2,1-3H3,(H,20,22)/t18-/m0/s1. The van der Waals surface area contributed by atoms with Crippen molar-refractivity contribution in [3.05, 3.63) is 60.2 Å². The van der Waals surface area contributed by atoms with Gasteiger partial charge >= 0.3 is 0 Å². The number of hydrogen-bond donors (Lipinski definition) is 1. The average molecular weight is 425 g/mol. The summed E-state index contributed by atoms with van der Waals surface area (Å²) in [4.78, 5) is 12.7. The van der Waals surface area contributed by atoms with E-state index in [9.17, 15) is 21.6 Å². The Labute approximate surface area is 166 Å². The Bertz CT molecular complexity index is 1020. The number of anilines is 1. The highest BCUT2D eigenvalue weighted by Gasteiger charge is 2.22. The first kappa shape index (κ1) is 21.9. The van der Waals surface area contributed by atoms with Crippen molar-refractivity contribution >= 4 is 31.5 Å². The molecule has 2 rings (SSSR count). The topological polar surface area (TPSA) is 101 Å². The molecule has 1 amide bonds. The molecule has 0 unspecified atom stereocenters. The fraction of sp³-hybridized carbons (Fsp3) is 0.316. The molecular formula is C19H24N2O5S2. The second kappa shape index (κ2) is 8.74. The van der Waals surface area contributed by atoms with Gasteiger partial charge in [-0.15, -0.1) is 0 Å². The third-order valence-electron chi connectivity index (χ3n) is 4.19. The van der Waals surface area contributed by atoms with E-state index in [-0.39, 0.29) is 17.5 Å². The van der Waals surface area contributed by atoms with Crippen molar-refractivity contribution in [3.8, 4) is 0 Å². The summed E-state index contributed by atoms with van der Waals surface area (Å²) in [6.45, 7) is 1.53. The molecule has 0 fully saturated rings. The van der Waals surface area contributed by atoms with Crippen LogP contribution in [0.2, 0.25) is 0 Å². The molecule has 1 atom stereocenters. The molecule has 0 radical (unpaired) electrons. The molecule has 0 spiro atoms. The number of amides is 1. The Kier molecular flexibility index (Phi) is 6.84. The number of nitrogens with zero attached hydrogens (tertiary/aromatic N) is 1. The first-order valence-electron chi connectivity index (χ1n) is 8.64. The summed E-state index contributed by atoms with van der Waals surface area (Å²) in [6, 6.07) is 14.3. The molecule has 0 saturated carbocycles. The summed E-state index contributed by atoms with van der Waals surface area (Å²) in [5, 5.41) is 2.82. The van der Waals surface area contributed by atoms with Crippen molar-refractivity contribution in [1.82, 2.24) is 5.32 Å². The third kappa shape index (κ3) is 5.80. The molecule has 0 saturated heterocycles. The van der Waals surface area contributed by atoms with Gasteiger partial charge in [-0.25, -0.2) is 16.8 Å². The van der Waals surface area contributed by atoms with E-state index in [1.807, 2.05) is 6.92 Å². The molecule has 7 nitrogen and oxygen atoms in total. The van der Waals surface area contributed by atoms with Gasteiger partial charge in [-0.2, -0.15) is 0 Å². The van der Waals surface area contributed by atoms with Crippen LogP contribution in [0, 0.1) is 0 Å². The van der Waals surface area contributed by atoms with Gasteiger partial charge in [0.05, 0.1) is 22.9 Å². The summed E-state index contributed by atoms with van der Waals surface area (Å²) in [5.41, 5.74) is 1.15. The molecular weight excluding hydrogens is 400 g/mol. The molecule has 2 aromatic rings. The van der Waals surface area contributed by atoms with Crippen LogP contribution in [0.5, 0.6) is 0 Å². The van der Waals surface area contributed by atoms with Crippen LogP contribution >= 0.6 is 0 Å². The lowest BCUT2D eigenvalue weighted by atomic mass is 10.0. The minimum Gasteiger partial charge on any atom is -0.348 e. The molecule has 9 heteroatoms. The summed E-state index contributed by atoms with van der Waals surface area (Å²) in [6.07, 6.45) is 2.74. The zero-order valence-electron chi connectivity index (χ0n) is 16.0. The number of sulfonamides is 1. The number of nitrogens with one attached hydrogen (secondary N) is 1. The SMILES string of the molecule is CC[C@H](NC(=O)CN(c1ccccc1)S(C)(=O)=O)c1ccc(S(C)(=O)=O)cc1. The van der Waals surface area contributed by atoms with Crippen molar-refractivity contribution in [3.63, 3.8) is 0 Å². The third-order valence-corrected chi connectivity index (χ3v) is 6.45. The maximum Gasteiger partial charge on any atom is 0.241 e. The van der Waals surface area contributed by atoms with Crippen molar-refractivity contribution in [2.45, 2.75) is 24.3 Å². The van der Waals surface area contributed by atoms with E-state index in [1.54, 1.807) is 42.5 Å². The van der Waals surface area contributed by atoms with Crippen LogP contribution in [0.3, 0.4) is 0 Å². The molecule has 0 aliphatic rings. The van der Waals surface area contributed by atoms with Gasteiger partial charge in [0.25, 0.3) is 0 Å². The number of benzene rings is 2. The van der Waals surface area contributed by atoms with E-state index < -0.39 is 25.8 Å². The number of para-hydroxylation sites is 1. The first-order chi connectivity index (χ1) is 13.0. The fourth-order valence-corrected chi connectivity index (χ4v) is 4.22. The maximum atomic E-state index is 12.5. The summed E-state index contributed by atoms with van der Waals surface area (Å²) in [5.74, 6) is -0.451. The highest BCUT2D eigenvalue weighted by Crippen LogP contribution is 2.20. The fourth-order valence-electron chi connectivity index (χ4n) is 2.73. The van der Waals surface area contributed by atoms with Gasteiger partial charge < -0.3 is 5.32 Å². The molecule has 2 aromatic carbocycles. The predicted octanol–water partition coefficient (Wildman–Crippen LogP) is 2.12. The van der Waals surface area contributed by atoms with Crippen molar-refractivity contribution in [2.75, 3.05) is 23.4 Å². The van der Waals surface area contributed by atoms with Crippen LogP contribution in [0.25, 0.3) is 0 Å². The zero-order valence-corrected chi connectivity index (χ0v) is 17.6. The van der Waals surface area contributed by atoms with Crippen LogP contribution in [0.15, 0.2) is 59.5 Å². The molecule has 0 aliphatic heterocycles. The van der Waals surface area contributed by atoms with E-state index in [4.69, 9.17) is 0 Å². The van der Waals surface area contributed by atoms with Crippen molar-refractivity contribution < 1.29 is 21.6 Å². The minimum atomic E-state index is -3.64. The number of sulfone groups is 1. The Morgan fingerprint density at radius 1 is 0.964 bits per heavy atom. The first-order valence-corrected chi connectivity index (χ1v) is 12.4. The summed E-state index contributed by atoms with van der Waals surface area (Å²) >= 11 is 0. The van der Waals surface area contributed by atoms with E-state index in [2.05, 4.69) is 5.32 Å². The average Bonchev–Trinajstić information content (AvgIpc) is 2.63. The Hall–Kier alpha value is -2.39. The number of hydrogen-bond acceptors (Lipinski definition) is 5. The van der Waals surface area contributed by atoms with Gasteiger partial charge in [-0.1, -0.05) is 37.3 Å². The zero-order chi connectivity index (χ0) is 20.9.